The van der Waals surface area contributed by atoms with Gasteiger partial charge in [-0.25, -0.2) is 0 Å². The number of benzene rings is 2. The fraction of sp³-hybridized carbons (Fsp3) is 0.440. The third kappa shape index (κ3) is 6.87. The van der Waals surface area contributed by atoms with Gasteiger partial charge in [0.25, 0.3) is 0 Å². The number of carbonyl (C=O) groups is 2. The molecule has 3 rings (SSSR count). The number of nitrogens with zero attached hydrogens (tertiary/aromatic N) is 1. The third-order valence-electron chi connectivity index (χ3n) is 5.92. The number of nitrogens with one attached hydrogen (secondary N) is 1. The van der Waals surface area contributed by atoms with Crippen LogP contribution in [0.1, 0.15) is 56.6 Å². The second-order valence-corrected chi connectivity index (χ2v) is 9.60. The number of hydrogen-bond donors (Lipinski definition) is 1. The van der Waals surface area contributed by atoms with Crippen LogP contribution < -0.4 is 5.32 Å². The first kappa shape index (κ1) is 24.9. The summed E-state index contributed by atoms with van der Waals surface area (Å²) in [6.45, 7) is 2.20. The molecule has 0 heterocycles. The molecule has 1 saturated carbocycles. The summed E-state index contributed by atoms with van der Waals surface area (Å²) in [6, 6.07) is 12.1. The average molecular weight is 496 g/mol. The fourth-order valence-electron chi connectivity index (χ4n) is 4.22. The topological polar surface area (TPSA) is 49.4 Å². The van der Waals surface area contributed by atoms with E-state index in [4.69, 9.17) is 34.8 Å². The maximum absolute atomic E-state index is 13.4. The lowest BCUT2D eigenvalue weighted by Gasteiger charge is -2.33. The largest absolute Gasteiger partial charge is 0.352 e. The number of halogens is 3. The Hall–Kier alpha value is -1.75. The lowest BCUT2D eigenvalue weighted by Crippen LogP contribution is -2.51. The molecule has 2 aromatic rings. The zero-order valence-electron chi connectivity index (χ0n) is 18.3. The zero-order valence-corrected chi connectivity index (χ0v) is 20.5. The molecule has 1 atom stereocenters. The van der Waals surface area contributed by atoms with Crippen molar-refractivity contribution in [2.24, 2.45) is 0 Å². The number of amides is 2. The van der Waals surface area contributed by atoms with Crippen LogP contribution in [0.2, 0.25) is 15.1 Å². The molecule has 32 heavy (non-hydrogen) atoms. The van der Waals surface area contributed by atoms with E-state index in [1.54, 1.807) is 29.2 Å². The molecule has 172 valence electrons. The van der Waals surface area contributed by atoms with Crippen molar-refractivity contribution in [1.29, 1.82) is 0 Å². The van der Waals surface area contributed by atoms with Crippen LogP contribution in [-0.4, -0.2) is 28.8 Å². The van der Waals surface area contributed by atoms with Gasteiger partial charge in [0, 0.05) is 17.6 Å². The first-order chi connectivity index (χ1) is 15.4. The van der Waals surface area contributed by atoms with Crippen molar-refractivity contribution < 1.29 is 9.59 Å². The minimum Gasteiger partial charge on any atom is -0.352 e. The van der Waals surface area contributed by atoms with E-state index < -0.39 is 6.04 Å². The molecule has 2 aromatic carbocycles. The first-order valence-corrected chi connectivity index (χ1v) is 12.3. The van der Waals surface area contributed by atoms with E-state index in [0.29, 0.717) is 21.5 Å². The highest BCUT2D eigenvalue weighted by molar-refractivity contribution is 6.42. The van der Waals surface area contributed by atoms with Gasteiger partial charge in [0.05, 0.1) is 16.5 Å². The van der Waals surface area contributed by atoms with E-state index in [1.165, 1.54) is 6.42 Å². The number of hydrogen-bond acceptors (Lipinski definition) is 2. The quantitative estimate of drug-likeness (QED) is 0.458. The molecule has 1 aliphatic rings. The summed E-state index contributed by atoms with van der Waals surface area (Å²) < 4.78 is 0. The molecular formula is C25H29Cl3N2O2. The van der Waals surface area contributed by atoms with Crippen LogP contribution in [0.3, 0.4) is 0 Å². The highest BCUT2D eigenvalue weighted by atomic mass is 35.5. The van der Waals surface area contributed by atoms with E-state index in [0.717, 1.165) is 36.8 Å². The third-order valence-corrected chi connectivity index (χ3v) is 6.89. The van der Waals surface area contributed by atoms with Crippen molar-refractivity contribution in [2.75, 3.05) is 0 Å². The summed E-state index contributed by atoms with van der Waals surface area (Å²) in [5.74, 6) is -0.233. The molecule has 7 heteroatoms. The van der Waals surface area contributed by atoms with Gasteiger partial charge in [-0.05, 0) is 54.7 Å². The Bertz CT molecular complexity index is 945. The van der Waals surface area contributed by atoms with E-state index in [2.05, 4.69) is 5.32 Å². The highest BCUT2D eigenvalue weighted by Gasteiger charge is 2.30. The van der Waals surface area contributed by atoms with Crippen LogP contribution in [0.25, 0.3) is 0 Å². The molecule has 0 radical (unpaired) electrons. The van der Waals surface area contributed by atoms with Crippen LogP contribution in [0, 0.1) is 0 Å². The Kier molecular flexibility index (Phi) is 9.27. The van der Waals surface area contributed by atoms with E-state index in [1.807, 2.05) is 25.1 Å². The number of rotatable bonds is 8. The van der Waals surface area contributed by atoms with Gasteiger partial charge in [-0.2, -0.15) is 0 Å². The van der Waals surface area contributed by atoms with Crippen LogP contribution in [0.5, 0.6) is 0 Å². The van der Waals surface area contributed by atoms with Crippen molar-refractivity contribution in [1.82, 2.24) is 10.2 Å². The van der Waals surface area contributed by atoms with Gasteiger partial charge in [0.2, 0.25) is 11.8 Å². The summed E-state index contributed by atoms with van der Waals surface area (Å²) >= 11 is 18.4. The second kappa shape index (κ2) is 11.9. The van der Waals surface area contributed by atoms with Gasteiger partial charge in [-0.15, -0.1) is 0 Å². The molecule has 1 N–H and O–H groups in total. The zero-order chi connectivity index (χ0) is 23.1. The van der Waals surface area contributed by atoms with Crippen LogP contribution in [0.15, 0.2) is 42.5 Å². The molecule has 2 amide bonds. The van der Waals surface area contributed by atoms with Crippen molar-refractivity contribution in [3.05, 3.63) is 68.7 Å². The summed E-state index contributed by atoms with van der Waals surface area (Å²) in [4.78, 5) is 28.3. The van der Waals surface area contributed by atoms with Crippen LogP contribution in [-0.2, 0) is 22.6 Å². The summed E-state index contributed by atoms with van der Waals surface area (Å²) in [5, 5.41) is 4.64. The molecule has 0 aromatic heterocycles. The van der Waals surface area contributed by atoms with Crippen molar-refractivity contribution in [3.63, 3.8) is 0 Å². The van der Waals surface area contributed by atoms with Gasteiger partial charge in [-0.1, -0.05) is 79.2 Å². The van der Waals surface area contributed by atoms with Crippen molar-refractivity contribution >= 4 is 46.6 Å². The van der Waals surface area contributed by atoms with Crippen molar-refractivity contribution in [2.45, 2.75) is 70.5 Å². The van der Waals surface area contributed by atoms with Gasteiger partial charge >= 0.3 is 0 Å². The second-order valence-electron chi connectivity index (χ2n) is 8.34. The van der Waals surface area contributed by atoms with Crippen LogP contribution in [0.4, 0.5) is 0 Å². The molecular weight excluding hydrogens is 467 g/mol. The smallest absolute Gasteiger partial charge is 0.243 e. The fourth-order valence-corrected chi connectivity index (χ4v) is 4.76. The highest BCUT2D eigenvalue weighted by Crippen LogP contribution is 2.25. The summed E-state index contributed by atoms with van der Waals surface area (Å²) in [5.41, 5.74) is 1.63. The van der Waals surface area contributed by atoms with E-state index in [9.17, 15) is 9.59 Å². The van der Waals surface area contributed by atoms with Crippen molar-refractivity contribution in [3.8, 4) is 0 Å². The minimum absolute atomic E-state index is 0.0982. The molecule has 0 saturated heterocycles. The average Bonchev–Trinajstić information content (AvgIpc) is 2.76. The summed E-state index contributed by atoms with van der Waals surface area (Å²) in [6.07, 6.45) is 6.13. The maximum Gasteiger partial charge on any atom is 0.243 e. The first-order valence-electron chi connectivity index (χ1n) is 11.2. The Morgan fingerprint density at radius 3 is 2.41 bits per heavy atom. The normalized spacial score (nSPS) is 15.2. The van der Waals surface area contributed by atoms with Crippen LogP contribution >= 0.6 is 34.8 Å². The molecule has 1 aliphatic carbocycles. The molecule has 0 aliphatic heterocycles. The SMILES string of the molecule is CC[C@@H](C(=O)NC1CCCCC1)N(Cc1ccc(Cl)c(Cl)c1)C(=O)Cc1cccc(Cl)c1. The van der Waals surface area contributed by atoms with E-state index in [-0.39, 0.29) is 30.8 Å². The van der Waals surface area contributed by atoms with E-state index >= 15 is 0 Å². The lowest BCUT2D eigenvalue weighted by atomic mass is 9.95. The van der Waals surface area contributed by atoms with Gasteiger partial charge < -0.3 is 10.2 Å². The predicted octanol–water partition coefficient (Wildman–Crippen LogP) is 6.45. The lowest BCUT2D eigenvalue weighted by molar-refractivity contribution is -0.141. The Morgan fingerprint density at radius 2 is 1.75 bits per heavy atom. The van der Waals surface area contributed by atoms with Gasteiger partial charge in [0.1, 0.15) is 6.04 Å². The minimum atomic E-state index is -0.571. The van der Waals surface area contributed by atoms with Gasteiger partial charge in [-0.3, -0.25) is 9.59 Å². The monoisotopic (exact) mass is 494 g/mol. The Labute approximate surface area is 205 Å². The maximum atomic E-state index is 13.4. The Balaban J connectivity index is 1.83. The predicted molar refractivity (Wildman–Crippen MR) is 131 cm³/mol. The molecule has 0 unspecified atom stereocenters. The standard InChI is InChI=1S/C25H29Cl3N2O2/c1-2-23(25(32)29-20-9-4-3-5-10-20)30(16-18-11-12-21(27)22(28)14-18)24(31)15-17-7-6-8-19(26)13-17/h6-8,11-14,20,23H,2-5,9-10,15-16H2,1H3,(H,29,32)/t23-/m0/s1. The summed E-state index contributed by atoms with van der Waals surface area (Å²) in [7, 11) is 0. The van der Waals surface area contributed by atoms with Gasteiger partial charge in [0.15, 0.2) is 0 Å². The molecule has 1 fully saturated rings. The number of carbonyl (C=O) groups excluding carboxylic acids is 2. The molecule has 0 bridgehead atoms. The molecule has 0 spiro atoms. The Morgan fingerprint density at radius 1 is 1.00 bits per heavy atom. The molecule has 4 nitrogen and oxygen atoms in total.